The highest BCUT2D eigenvalue weighted by atomic mass is 15.2. The molecule has 0 aliphatic carbocycles. The van der Waals surface area contributed by atoms with E-state index >= 15 is 0 Å². The Hall–Kier alpha value is -2.69. The van der Waals surface area contributed by atoms with Gasteiger partial charge >= 0.3 is 0 Å². The molecule has 0 saturated heterocycles. The number of nitrogens with zero attached hydrogens (tertiary/aromatic N) is 5. The molecule has 5 heteroatoms. The summed E-state index contributed by atoms with van der Waals surface area (Å²) < 4.78 is 3.91. The lowest BCUT2D eigenvalue weighted by atomic mass is 10.2. The van der Waals surface area contributed by atoms with E-state index in [2.05, 4.69) is 15.1 Å². The number of hydrogen-bond donors (Lipinski definition) is 0. The van der Waals surface area contributed by atoms with Crippen LogP contribution in [0, 0.1) is 0 Å². The number of rotatable bonds is 1. The van der Waals surface area contributed by atoms with Gasteiger partial charge in [-0.15, -0.1) is 0 Å². The van der Waals surface area contributed by atoms with Gasteiger partial charge in [0, 0.05) is 12.4 Å². The second-order valence-corrected chi connectivity index (χ2v) is 4.03. The molecule has 4 aromatic rings. The molecule has 86 valence electrons. The summed E-state index contributed by atoms with van der Waals surface area (Å²) in [6.07, 6.45) is 9.03. The Bertz CT molecular complexity index is 842. The van der Waals surface area contributed by atoms with Crippen LogP contribution in [0.4, 0.5) is 0 Å². The summed E-state index contributed by atoms with van der Waals surface area (Å²) >= 11 is 0. The molecular formula is C13H9N5. The molecule has 0 radical (unpaired) electrons. The molecule has 0 fully saturated rings. The maximum Gasteiger partial charge on any atom is 0.155 e. The molecule has 5 nitrogen and oxygen atoms in total. The van der Waals surface area contributed by atoms with Crippen LogP contribution >= 0.6 is 0 Å². The van der Waals surface area contributed by atoms with Crippen LogP contribution < -0.4 is 0 Å². The maximum atomic E-state index is 4.35. The van der Waals surface area contributed by atoms with Crippen LogP contribution in [-0.2, 0) is 0 Å². The number of imidazole rings is 1. The zero-order chi connectivity index (χ0) is 11.9. The Morgan fingerprint density at radius 3 is 2.94 bits per heavy atom. The van der Waals surface area contributed by atoms with Gasteiger partial charge in [0.1, 0.15) is 0 Å². The smallest absolute Gasteiger partial charge is 0.155 e. The molecule has 0 aliphatic rings. The highest BCUT2D eigenvalue weighted by molar-refractivity contribution is 5.64. The van der Waals surface area contributed by atoms with E-state index in [0.717, 1.165) is 22.6 Å². The molecule has 0 bridgehead atoms. The van der Waals surface area contributed by atoms with Crippen molar-refractivity contribution >= 4 is 11.2 Å². The summed E-state index contributed by atoms with van der Waals surface area (Å²) in [6, 6.07) is 8.06. The summed E-state index contributed by atoms with van der Waals surface area (Å²) in [5.41, 5.74) is 3.91. The molecule has 0 spiro atoms. The lowest BCUT2D eigenvalue weighted by molar-refractivity contribution is 0.958. The van der Waals surface area contributed by atoms with Gasteiger partial charge in [-0.3, -0.25) is 9.38 Å². The van der Waals surface area contributed by atoms with E-state index in [0.29, 0.717) is 0 Å². The van der Waals surface area contributed by atoms with Crippen molar-refractivity contribution in [3.05, 3.63) is 55.2 Å². The Labute approximate surface area is 102 Å². The first kappa shape index (κ1) is 9.35. The second kappa shape index (κ2) is 3.40. The predicted octanol–water partition coefficient (Wildman–Crippen LogP) is 2.04. The Morgan fingerprint density at radius 2 is 1.94 bits per heavy atom. The number of aromatic nitrogens is 5. The van der Waals surface area contributed by atoms with E-state index in [1.807, 2.05) is 45.6 Å². The predicted molar refractivity (Wildman–Crippen MR) is 67.2 cm³/mol. The monoisotopic (exact) mass is 235 g/mol. The SMILES string of the molecule is c1cc(-c2cnc3cnccn23)n2nccc2c1. The summed E-state index contributed by atoms with van der Waals surface area (Å²) in [6.45, 7) is 0. The minimum Gasteiger partial charge on any atom is -0.295 e. The molecule has 0 saturated carbocycles. The van der Waals surface area contributed by atoms with Gasteiger partial charge in [-0.05, 0) is 18.2 Å². The van der Waals surface area contributed by atoms with Gasteiger partial charge in [0.05, 0.1) is 35.5 Å². The average molecular weight is 235 g/mol. The number of pyridine rings is 1. The van der Waals surface area contributed by atoms with Gasteiger partial charge in [-0.1, -0.05) is 6.07 Å². The van der Waals surface area contributed by atoms with Crippen LogP contribution in [0.2, 0.25) is 0 Å². The third-order valence-electron chi connectivity index (χ3n) is 3.00. The van der Waals surface area contributed by atoms with Gasteiger partial charge < -0.3 is 0 Å². The zero-order valence-corrected chi connectivity index (χ0v) is 9.43. The van der Waals surface area contributed by atoms with Crippen molar-refractivity contribution in [1.29, 1.82) is 0 Å². The fourth-order valence-corrected chi connectivity index (χ4v) is 2.18. The van der Waals surface area contributed by atoms with Crippen molar-refractivity contribution in [2.75, 3.05) is 0 Å². The summed E-state index contributed by atoms with van der Waals surface area (Å²) in [7, 11) is 0. The van der Waals surface area contributed by atoms with E-state index in [9.17, 15) is 0 Å². The molecule has 0 amide bonds. The Balaban J connectivity index is 2.10. The average Bonchev–Trinajstić information content (AvgIpc) is 3.05. The maximum absolute atomic E-state index is 4.35. The minimum atomic E-state index is 0.830. The first-order valence-electron chi connectivity index (χ1n) is 5.64. The van der Waals surface area contributed by atoms with Gasteiger partial charge in [-0.2, -0.15) is 5.10 Å². The van der Waals surface area contributed by atoms with Crippen LogP contribution in [0.25, 0.3) is 22.6 Å². The van der Waals surface area contributed by atoms with Crippen LogP contribution in [-0.4, -0.2) is 24.0 Å². The largest absolute Gasteiger partial charge is 0.295 e. The van der Waals surface area contributed by atoms with Crippen LogP contribution in [0.1, 0.15) is 0 Å². The molecular weight excluding hydrogens is 226 g/mol. The summed E-state index contributed by atoms with van der Waals surface area (Å²) in [5.74, 6) is 0. The van der Waals surface area contributed by atoms with Crippen molar-refractivity contribution in [3.63, 3.8) is 0 Å². The highest BCUT2D eigenvalue weighted by Gasteiger charge is 2.09. The van der Waals surface area contributed by atoms with Crippen LogP contribution in [0.3, 0.4) is 0 Å². The first-order chi connectivity index (χ1) is 8.93. The van der Waals surface area contributed by atoms with Crippen molar-refractivity contribution in [1.82, 2.24) is 24.0 Å². The van der Waals surface area contributed by atoms with E-state index in [1.54, 1.807) is 18.6 Å². The fourth-order valence-electron chi connectivity index (χ4n) is 2.18. The molecule has 4 aromatic heterocycles. The lowest BCUT2D eigenvalue weighted by Gasteiger charge is -2.04. The Morgan fingerprint density at radius 1 is 0.944 bits per heavy atom. The van der Waals surface area contributed by atoms with Gasteiger partial charge in [0.15, 0.2) is 5.65 Å². The summed E-state index contributed by atoms with van der Waals surface area (Å²) in [5, 5.41) is 4.34. The third kappa shape index (κ3) is 1.18. The standard InChI is InChI=1S/C13H9N5/c1-2-10-4-5-16-18(10)11(3-1)12-8-15-13-9-14-6-7-17(12)13/h1-9H. The van der Waals surface area contributed by atoms with Gasteiger partial charge in [-0.25, -0.2) is 9.50 Å². The van der Waals surface area contributed by atoms with E-state index in [4.69, 9.17) is 0 Å². The third-order valence-corrected chi connectivity index (χ3v) is 3.00. The van der Waals surface area contributed by atoms with E-state index < -0.39 is 0 Å². The highest BCUT2D eigenvalue weighted by Crippen LogP contribution is 2.21. The normalized spacial score (nSPS) is 11.3. The molecule has 0 N–H and O–H groups in total. The molecule has 0 atom stereocenters. The quantitative estimate of drug-likeness (QED) is 0.507. The van der Waals surface area contributed by atoms with Gasteiger partial charge in [0.25, 0.3) is 0 Å². The lowest BCUT2D eigenvalue weighted by Crippen LogP contribution is -1.96. The van der Waals surface area contributed by atoms with Crippen molar-refractivity contribution in [3.8, 4) is 11.4 Å². The number of hydrogen-bond acceptors (Lipinski definition) is 3. The first-order valence-corrected chi connectivity index (χ1v) is 5.64. The molecule has 4 rings (SSSR count). The van der Waals surface area contributed by atoms with Crippen molar-refractivity contribution in [2.24, 2.45) is 0 Å². The van der Waals surface area contributed by atoms with Crippen LogP contribution in [0.15, 0.2) is 55.2 Å². The van der Waals surface area contributed by atoms with Crippen molar-refractivity contribution in [2.45, 2.75) is 0 Å². The zero-order valence-electron chi connectivity index (χ0n) is 9.43. The van der Waals surface area contributed by atoms with Crippen molar-refractivity contribution < 1.29 is 0 Å². The molecule has 0 aromatic carbocycles. The van der Waals surface area contributed by atoms with E-state index in [1.165, 1.54) is 0 Å². The second-order valence-electron chi connectivity index (χ2n) is 4.03. The molecule has 0 unspecified atom stereocenters. The van der Waals surface area contributed by atoms with Gasteiger partial charge in [0.2, 0.25) is 0 Å². The number of fused-ring (bicyclic) bond motifs is 2. The minimum absolute atomic E-state index is 0.830. The van der Waals surface area contributed by atoms with Crippen LogP contribution in [0.5, 0.6) is 0 Å². The molecule has 18 heavy (non-hydrogen) atoms. The molecule has 4 heterocycles. The topological polar surface area (TPSA) is 47.5 Å². The van der Waals surface area contributed by atoms with E-state index in [-0.39, 0.29) is 0 Å². The molecule has 0 aliphatic heterocycles. The fraction of sp³-hybridized carbons (Fsp3) is 0. The Kier molecular flexibility index (Phi) is 1.77. The summed E-state index contributed by atoms with van der Waals surface area (Å²) in [4.78, 5) is 8.41.